The maximum atomic E-state index is 12.1. The molecule has 3 rings (SSSR count). The molecule has 0 unspecified atom stereocenters. The van der Waals surface area contributed by atoms with Crippen LogP contribution in [0.2, 0.25) is 0 Å². The lowest BCUT2D eigenvalue weighted by Crippen LogP contribution is -2.44. The summed E-state index contributed by atoms with van der Waals surface area (Å²) < 4.78 is 1.17. The van der Waals surface area contributed by atoms with E-state index in [1.165, 1.54) is 4.70 Å². The molecule has 2 N–H and O–H groups in total. The van der Waals surface area contributed by atoms with E-state index in [0.717, 1.165) is 36.3 Å². The number of hydrogen-bond donors (Lipinski definition) is 2. The quantitative estimate of drug-likeness (QED) is 0.873. The van der Waals surface area contributed by atoms with Crippen molar-refractivity contribution in [2.75, 3.05) is 19.6 Å². The van der Waals surface area contributed by atoms with Crippen LogP contribution in [0.1, 0.15) is 37.2 Å². The molecule has 1 aliphatic rings. The topological polar surface area (TPSA) is 74.3 Å². The third-order valence-electron chi connectivity index (χ3n) is 4.09. The molecule has 128 valence electrons. The van der Waals surface area contributed by atoms with Crippen molar-refractivity contribution < 1.29 is 9.59 Å². The van der Waals surface area contributed by atoms with Crippen molar-refractivity contribution in [2.24, 2.45) is 0 Å². The first-order chi connectivity index (χ1) is 11.7. The second kappa shape index (κ2) is 7.72. The average Bonchev–Trinajstić information content (AvgIpc) is 3.18. The summed E-state index contributed by atoms with van der Waals surface area (Å²) in [6.07, 6.45) is 2.87. The predicted octanol–water partition coefficient (Wildman–Crippen LogP) is 2.67. The highest BCUT2D eigenvalue weighted by Gasteiger charge is 2.30. The first-order valence-electron chi connectivity index (χ1n) is 8.34. The number of para-hydroxylation sites is 1. The number of urea groups is 1. The van der Waals surface area contributed by atoms with Gasteiger partial charge in [0.25, 0.3) is 0 Å². The zero-order valence-corrected chi connectivity index (χ0v) is 14.6. The fraction of sp³-hybridized carbons (Fsp3) is 0.471. The van der Waals surface area contributed by atoms with E-state index in [2.05, 4.69) is 21.6 Å². The van der Waals surface area contributed by atoms with E-state index in [0.29, 0.717) is 6.54 Å². The number of benzene rings is 1. The molecule has 6 nitrogen and oxygen atoms in total. The van der Waals surface area contributed by atoms with Crippen LogP contribution in [-0.2, 0) is 4.79 Å². The van der Waals surface area contributed by atoms with Crippen LogP contribution in [0.25, 0.3) is 10.2 Å². The Morgan fingerprint density at radius 1 is 1.38 bits per heavy atom. The minimum atomic E-state index is -0.419. The standard InChI is InChI=1S/C17H22N4O2S/c1-2-9-18-17(23)20-15(22)11-21-10-5-7-13(21)16-19-12-6-3-4-8-14(12)24-16/h3-4,6,8,13H,2,5,7,9-11H2,1H3,(H2,18,20,22,23)/t13-/m1/s1. The van der Waals surface area contributed by atoms with Crippen molar-refractivity contribution in [1.29, 1.82) is 0 Å². The summed E-state index contributed by atoms with van der Waals surface area (Å²) in [5, 5.41) is 6.09. The number of amides is 3. The van der Waals surface area contributed by atoms with Crippen molar-refractivity contribution in [1.82, 2.24) is 20.5 Å². The molecule has 0 aliphatic carbocycles. The lowest BCUT2D eigenvalue weighted by Gasteiger charge is -2.21. The number of thiazole rings is 1. The highest BCUT2D eigenvalue weighted by Crippen LogP contribution is 2.36. The molecular weight excluding hydrogens is 324 g/mol. The highest BCUT2D eigenvalue weighted by atomic mass is 32.1. The Kier molecular flexibility index (Phi) is 5.42. The smallest absolute Gasteiger partial charge is 0.321 e. The summed E-state index contributed by atoms with van der Waals surface area (Å²) in [6.45, 7) is 3.61. The Morgan fingerprint density at radius 2 is 2.21 bits per heavy atom. The summed E-state index contributed by atoms with van der Waals surface area (Å²) in [7, 11) is 0. The van der Waals surface area contributed by atoms with Gasteiger partial charge in [-0.1, -0.05) is 19.1 Å². The largest absolute Gasteiger partial charge is 0.338 e. The van der Waals surface area contributed by atoms with Crippen LogP contribution in [0.3, 0.4) is 0 Å². The number of fused-ring (bicyclic) bond motifs is 1. The van der Waals surface area contributed by atoms with Gasteiger partial charge in [0.2, 0.25) is 5.91 Å². The molecule has 0 spiro atoms. The van der Waals surface area contributed by atoms with E-state index in [1.54, 1.807) is 11.3 Å². The van der Waals surface area contributed by atoms with Gasteiger partial charge in [0, 0.05) is 6.54 Å². The maximum Gasteiger partial charge on any atom is 0.321 e. The van der Waals surface area contributed by atoms with Crippen molar-refractivity contribution in [3.8, 4) is 0 Å². The van der Waals surface area contributed by atoms with Crippen LogP contribution in [0, 0.1) is 0 Å². The normalized spacial score (nSPS) is 18.0. The van der Waals surface area contributed by atoms with Crippen LogP contribution >= 0.6 is 11.3 Å². The summed E-state index contributed by atoms with van der Waals surface area (Å²) >= 11 is 1.69. The molecule has 0 radical (unpaired) electrons. The molecule has 2 aromatic rings. The number of carbonyl (C=O) groups is 2. The van der Waals surface area contributed by atoms with Gasteiger partial charge in [-0.05, 0) is 37.9 Å². The molecule has 24 heavy (non-hydrogen) atoms. The Hall–Kier alpha value is -1.99. The van der Waals surface area contributed by atoms with Gasteiger partial charge in [0.15, 0.2) is 0 Å². The van der Waals surface area contributed by atoms with E-state index in [4.69, 9.17) is 4.98 Å². The van der Waals surface area contributed by atoms with Crippen LogP contribution in [0.4, 0.5) is 4.79 Å². The minimum Gasteiger partial charge on any atom is -0.338 e. The number of likely N-dealkylation sites (tertiary alicyclic amines) is 1. The van der Waals surface area contributed by atoms with E-state index >= 15 is 0 Å². The van der Waals surface area contributed by atoms with Crippen LogP contribution in [0.5, 0.6) is 0 Å². The Bertz CT molecular complexity index is 697. The number of nitrogens with one attached hydrogen (secondary N) is 2. The van der Waals surface area contributed by atoms with Gasteiger partial charge in [0.05, 0.1) is 22.8 Å². The van der Waals surface area contributed by atoms with E-state index < -0.39 is 6.03 Å². The number of aromatic nitrogens is 1. The average molecular weight is 346 g/mol. The molecule has 3 amide bonds. The van der Waals surface area contributed by atoms with Gasteiger partial charge in [-0.25, -0.2) is 9.78 Å². The van der Waals surface area contributed by atoms with Crippen LogP contribution in [0.15, 0.2) is 24.3 Å². The summed E-state index contributed by atoms with van der Waals surface area (Å²) in [5.74, 6) is -0.267. The molecule has 1 fully saturated rings. The zero-order chi connectivity index (χ0) is 16.9. The summed E-state index contributed by atoms with van der Waals surface area (Å²) in [6, 6.07) is 7.82. The lowest BCUT2D eigenvalue weighted by molar-refractivity contribution is -0.121. The molecule has 1 aromatic heterocycles. The number of hydrogen-bond acceptors (Lipinski definition) is 5. The second-order valence-electron chi connectivity index (χ2n) is 5.95. The van der Waals surface area contributed by atoms with Crippen LogP contribution in [-0.4, -0.2) is 41.5 Å². The van der Waals surface area contributed by atoms with Crippen molar-refractivity contribution >= 4 is 33.5 Å². The minimum absolute atomic E-state index is 0.159. The van der Waals surface area contributed by atoms with Crippen molar-refractivity contribution in [3.63, 3.8) is 0 Å². The molecule has 1 aromatic carbocycles. The van der Waals surface area contributed by atoms with E-state index in [-0.39, 0.29) is 18.5 Å². The molecule has 0 bridgehead atoms. The number of nitrogens with zero attached hydrogens (tertiary/aromatic N) is 2. The Labute approximate surface area is 145 Å². The van der Waals surface area contributed by atoms with Gasteiger partial charge in [0.1, 0.15) is 5.01 Å². The van der Waals surface area contributed by atoms with Crippen LogP contribution < -0.4 is 10.6 Å². The number of rotatable bonds is 5. The fourth-order valence-corrected chi connectivity index (χ4v) is 4.10. The molecule has 0 saturated carbocycles. The third-order valence-corrected chi connectivity index (χ3v) is 5.23. The van der Waals surface area contributed by atoms with E-state index in [1.807, 2.05) is 25.1 Å². The fourth-order valence-electron chi connectivity index (χ4n) is 2.96. The predicted molar refractivity (Wildman–Crippen MR) is 95.0 cm³/mol. The molecule has 1 saturated heterocycles. The Balaban J connectivity index is 1.63. The van der Waals surface area contributed by atoms with Gasteiger partial charge in [-0.2, -0.15) is 0 Å². The number of carbonyl (C=O) groups excluding carboxylic acids is 2. The first kappa shape index (κ1) is 16.9. The van der Waals surface area contributed by atoms with Crippen molar-refractivity contribution in [2.45, 2.75) is 32.2 Å². The zero-order valence-electron chi connectivity index (χ0n) is 13.7. The van der Waals surface area contributed by atoms with Crippen molar-refractivity contribution in [3.05, 3.63) is 29.3 Å². The van der Waals surface area contributed by atoms with E-state index in [9.17, 15) is 9.59 Å². The van der Waals surface area contributed by atoms with Gasteiger partial charge < -0.3 is 5.32 Å². The van der Waals surface area contributed by atoms with Gasteiger partial charge in [-0.15, -0.1) is 11.3 Å². The Morgan fingerprint density at radius 3 is 3.00 bits per heavy atom. The molecule has 2 heterocycles. The SMILES string of the molecule is CCCNC(=O)NC(=O)CN1CCC[C@@H]1c1nc2ccccc2s1. The first-order valence-corrected chi connectivity index (χ1v) is 9.16. The molecular formula is C17H22N4O2S. The third kappa shape index (κ3) is 3.91. The van der Waals surface area contributed by atoms with Gasteiger partial charge in [-0.3, -0.25) is 15.0 Å². The molecule has 1 aliphatic heterocycles. The summed E-state index contributed by atoms with van der Waals surface area (Å²) in [4.78, 5) is 30.5. The number of imide groups is 1. The summed E-state index contributed by atoms with van der Waals surface area (Å²) in [5.41, 5.74) is 1.01. The molecule has 1 atom stereocenters. The lowest BCUT2D eigenvalue weighted by atomic mass is 10.2. The molecule has 7 heteroatoms. The monoisotopic (exact) mass is 346 g/mol. The van der Waals surface area contributed by atoms with Gasteiger partial charge >= 0.3 is 6.03 Å². The maximum absolute atomic E-state index is 12.1. The second-order valence-corrected chi connectivity index (χ2v) is 7.01. The highest BCUT2D eigenvalue weighted by molar-refractivity contribution is 7.18.